The van der Waals surface area contributed by atoms with Gasteiger partial charge in [0, 0.05) is 6.54 Å². The summed E-state index contributed by atoms with van der Waals surface area (Å²) in [4.78, 5) is 4.23. The molecule has 0 spiro atoms. The molecule has 0 radical (unpaired) electrons. The highest BCUT2D eigenvalue weighted by Gasteiger charge is 2.17. The van der Waals surface area contributed by atoms with Crippen LogP contribution < -0.4 is 5.32 Å². The lowest BCUT2D eigenvalue weighted by Gasteiger charge is -2.26. The van der Waals surface area contributed by atoms with Gasteiger partial charge in [-0.25, -0.2) is 4.98 Å². The lowest BCUT2D eigenvalue weighted by molar-refractivity contribution is 0.275. The van der Waals surface area contributed by atoms with Crippen LogP contribution in [-0.4, -0.2) is 11.5 Å². The first-order valence-corrected chi connectivity index (χ1v) is 7.74. The van der Waals surface area contributed by atoms with E-state index >= 15 is 0 Å². The Labute approximate surface area is 113 Å². The molecule has 1 aromatic rings. The maximum Gasteiger partial charge on any atom is 0.113 e. The second-order valence-corrected chi connectivity index (χ2v) is 6.90. The summed E-state index contributed by atoms with van der Waals surface area (Å²) in [7, 11) is 0. The molecule has 1 fully saturated rings. The Morgan fingerprint density at radius 1 is 1.41 bits per heavy atom. The average Bonchev–Trinajstić information content (AvgIpc) is 2.73. The summed E-state index contributed by atoms with van der Waals surface area (Å²) in [5.41, 5.74) is 0. The fourth-order valence-electron chi connectivity index (χ4n) is 2.49. The van der Waals surface area contributed by atoms with Gasteiger partial charge in [0.05, 0.1) is 6.20 Å². The van der Waals surface area contributed by atoms with Gasteiger partial charge in [0.15, 0.2) is 0 Å². The number of halogens is 1. The molecule has 4 heteroatoms. The van der Waals surface area contributed by atoms with E-state index < -0.39 is 0 Å². The van der Waals surface area contributed by atoms with Crippen LogP contribution in [0, 0.1) is 11.8 Å². The number of hydrogen-bond acceptors (Lipinski definition) is 3. The van der Waals surface area contributed by atoms with Crippen LogP contribution in [0.4, 0.5) is 0 Å². The van der Waals surface area contributed by atoms with Gasteiger partial charge < -0.3 is 5.32 Å². The van der Waals surface area contributed by atoms with E-state index in [0.717, 1.165) is 34.3 Å². The van der Waals surface area contributed by atoms with Crippen LogP contribution in [-0.2, 0) is 6.54 Å². The predicted octanol–water partition coefficient (Wildman–Crippen LogP) is 4.10. The standard InChI is InChI=1S/C13H21ClN2S/c1-10-2-4-11(5-3-10)6-7-15-9-13-16-8-12(14)17-13/h8,10-11,15H,2-7,9H2,1H3. The molecule has 0 aromatic carbocycles. The number of hydrogen-bond donors (Lipinski definition) is 1. The van der Waals surface area contributed by atoms with Crippen molar-refractivity contribution in [3.8, 4) is 0 Å². The van der Waals surface area contributed by atoms with Crippen LogP contribution in [0.25, 0.3) is 0 Å². The van der Waals surface area contributed by atoms with Gasteiger partial charge >= 0.3 is 0 Å². The summed E-state index contributed by atoms with van der Waals surface area (Å²) in [5.74, 6) is 1.90. The number of nitrogens with zero attached hydrogens (tertiary/aromatic N) is 1. The molecular formula is C13H21ClN2S. The summed E-state index contributed by atoms with van der Waals surface area (Å²) in [6.07, 6.45) is 8.73. The van der Waals surface area contributed by atoms with Crippen molar-refractivity contribution < 1.29 is 0 Å². The van der Waals surface area contributed by atoms with E-state index in [2.05, 4.69) is 17.2 Å². The van der Waals surface area contributed by atoms with Gasteiger partial charge in [0.2, 0.25) is 0 Å². The van der Waals surface area contributed by atoms with Crippen molar-refractivity contribution in [3.05, 3.63) is 15.5 Å². The van der Waals surface area contributed by atoms with E-state index in [9.17, 15) is 0 Å². The van der Waals surface area contributed by atoms with E-state index in [1.54, 1.807) is 17.5 Å². The average molecular weight is 273 g/mol. The minimum Gasteiger partial charge on any atom is -0.310 e. The summed E-state index contributed by atoms with van der Waals surface area (Å²) in [6.45, 7) is 4.34. The van der Waals surface area contributed by atoms with Gasteiger partial charge in [0.1, 0.15) is 9.34 Å². The molecule has 0 amide bonds. The zero-order valence-corrected chi connectivity index (χ0v) is 12.0. The monoisotopic (exact) mass is 272 g/mol. The van der Waals surface area contributed by atoms with Gasteiger partial charge in [-0.1, -0.05) is 44.2 Å². The van der Waals surface area contributed by atoms with Crippen molar-refractivity contribution in [2.75, 3.05) is 6.54 Å². The Morgan fingerprint density at radius 2 is 2.18 bits per heavy atom. The normalized spacial score (nSPS) is 25.1. The van der Waals surface area contributed by atoms with Gasteiger partial charge in [-0.05, 0) is 24.8 Å². The molecule has 0 aliphatic heterocycles. The molecule has 1 aliphatic carbocycles. The maximum atomic E-state index is 5.84. The second-order valence-electron chi connectivity index (χ2n) is 5.15. The lowest BCUT2D eigenvalue weighted by Crippen LogP contribution is -2.20. The van der Waals surface area contributed by atoms with Crippen LogP contribution >= 0.6 is 22.9 Å². The molecule has 2 rings (SSSR count). The third-order valence-electron chi connectivity index (χ3n) is 3.67. The largest absolute Gasteiger partial charge is 0.310 e. The van der Waals surface area contributed by atoms with Crippen LogP contribution in [0.2, 0.25) is 4.34 Å². The molecule has 1 aromatic heterocycles. The Bertz CT molecular complexity index is 332. The molecule has 1 aliphatic rings. The molecule has 0 atom stereocenters. The molecule has 96 valence electrons. The number of rotatable bonds is 5. The van der Waals surface area contributed by atoms with Crippen LogP contribution in [0.3, 0.4) is 0 Å². The molecule has 0 saturated heterocycles. The minimum atomic E-state index is 0.781. The quantitative estimate of drug-likeness (QED) is 0.816. The van der Waals surface area contributed by atoms with E-state index in [4.69, 9.17) is 11.6 Å². The van der Waals surface area contributed by atoms with Crippen molar-refractivity contribution in [1.29, 1.82) is 0 Å². The highest BCUT2D eigenvalue weighted by Crippen LogP contribution is 2.29. The molecule has 1 N–H and O–H groups in total. The zero-order chi connectivity index (χ0) is 12.1. The fraction of sp³-hybridized carbons (Fsp3) is 0.769. The first-order valence-electron chi connectivity index (χ1n) is 6.55. The van der Waals surface area contributed by atoms with E-state index in [0.29, 0.717) is 0 Å². The third kappa shape index (κ3) is 4.57. The molecule has 1 heterocycles. The number of aromatic nitrogens is 1. The first kappa shape index (κ1) is 13.3. The van der Waals surface area contributed by atoms with Crippen molar-refractivity contribution >= 4 is 22.9 Å². The van der Waals surface area contributed by atoms with Crippen molar-refractivity contribution in [2.45, 2.75) is 45.6 Å². The Morgan fingerprint density at radius 3 is 2.82 bits per heavy atom. The molecule has 0 unspecified atom stereocenters. The Kier molecular flexibility index (Phi) is 5.26. The lowest BCUT2D eigenvalue weighted by atomic mass is 9.81. The predicted molar refractivity (Wildman–Crippen MR) is 74.6 cm³/mol. The van der Waals surface area contributed by atoms with Gasteiger partial charge in [0.25, 0.3) is 0 Å². The van der Waals surface area contributed by atoms with Gasteiger partial charge in [-0.3, -0.25) is 0 Å². The molecule has 2 nitrogen and oxygen atoms in total. The van der Waals surface area contributed by atoms with E-state index in [1.807, 2.05) is 0 Å². The molecule has 1 saturated carbocycles. The highest BCUT2D eigenvalue weighted by molar-refractivity contribution is 7.15. The SMILES string of the molecule is CC1CCC(CCNCc2ncc(Cl)s2)CC1. The molecule has 0 bridgehead atoms. The first-order chi connectivity index (χ1) is 8.24. The smallest absolute Gasteiger partial charge is 0.113 e. The van der Waals surface area contributed by atoms with Crippen molar-refractivity contribution in [1.82, 2.24) is 10.3 Å². The van der Waals surface area contributed by atoms with Gasteiger partial charge in [-0.2, -0.15) is 0 Å². The van der Waals surface area contributed by atoms with Crippen molar-refractivity contribution in [3.63, 3.8) is 0 Å². The van der Waals surface area contributed by atoms with Crippen molar-refractivity contribution in [2.24, 2.45) is 11.8 Å². The number of thiazole rings is 1. The molecular weight excluding hydrogens is 252 g/mol. The van der Waals surface area contributed by atoms with Crippen LogP contribution in [0.5, 0.6) is 0 Å². The van der Waals surface area contributed by atoms with E-state index in [-0.39, 0.29) is 0 Å². The number of nitrogens with one attached hydrogen (secondary N) is 1. The second kappa shape index (κ2) is 6.72. The fourth-order valence-corrected chi connectivity index (χ4v) is 3.42. The Hall–Kier alpha value is -0.120. The van der Waals surface area contributed by atoms with E-state index in [1.165, 1.54) is 32.1 Å². The van der Waals surface area contributed by atoms with Gasteiger partial charge in [-0.15, -0.1) is 11.3 Å². The van der Waals surface area contributed by atoms with Crippen LogP contribution in [0.1, 0.15) is 44.0 Å². The summed E-state index contributed by atoms with van der Waals surface area (Å²) < 4.78 is 0.781. The summed E-state index contributed by atoms with van der Waals surface area (Å²) >= 11 is 7.40. The topological polar surface area (TPSA) is 24.9 Å². The highest BCUT2D eigenvalue weighted by atomic mass is 35.5. The Balaban J connectivity index is 1.57. The maximum absolute atomic E-state index is 5.84. The zero-order valence-electron chi connectivity index (χ0n) is 10.4. The summed E-state index contributed by atoms with van der Waals surface area (Å²) in [5, 5.41) is 4.55. The molecule has 17 heavy (non-hydrogen) atoms. The summed E-state index contributed by atoms with van der Waals surface area (Å²) in [6, 6.07) is 0. The third-order valence-corrected chi connectivity index (χ3v) is 4.78. The van der Waals surface area contributed by atoms with Crippen LogP contribution in [0.15, 0.2) is 6.20 Å². The minimum absolute atomic E-state index is 0.781.